The Bertz CT molecular complexity index is 2650. The summed E-state index contributed by atoms with van der Waals surface area (Å²) in [7, 11) is 0. The average molecular weight is 1090 g/mol. The Morgan fingerprint density at radius 1 is 0.632 bits per heavy atom. The van der Waals surface area contributed by atoms with E-state index in [4.69, 9.17) is 17.2 Å². The zero-order valence-electron chi connectivity index (χ0n) is 42.9. The highest BCUT2D eigenvalue weighted by molar-refractivity contribution is 7.80. The van der Waals surface area contributed by atoms with Crippen LogP contribution in [0, 0.1) is 0 Å². The minimum absolute atomic E-state index is 0.0570. The number of aromatic nitrogens is 3. The average Bonchev–Trinajstić information content (AvgIpc) is 4.06. The number of thiol groups is 2. The van der Waals surface area contributed by atoms with Crippen LogP contribution in [0.4, 0.5) is 0 Å². The topological polar surface area (TPSA) is 385 Å². The van der Waals surface area contributed by atoms with E-state index >= 15 is 0 Å². The molecule has 0 spiro atoms. The van der Waals surface area contributed by atoms with Crippen LogP contribution in [-0.4, -0.2) is 140 Å². The van der Waals surface area contributed by atoms with Gasteiger partial charge in [-0.3, -0.25) is 48.1 Å². The Balaban J connectivity index is 1.62. The van der Waals surface area contributed by atoms with Gasteiger partial charge in [-0.25, -0.2) is 4.98 Å². The number of amides is 9. The second kappa shape index (κ2) is 30.1. The quantitative estimate of drug-likeness (QED) is 0.0123. The molecule has 7 atom stereocenters. The highest BCUT2D eigenvalue weighted by Crippen LogP contribution is 2.20. The number of carbonyl (C=O) groups is 9. The lowest BCUT2D eigenvalue weighted by atomic mass is 10.0. The molecule has 76 heavy (non-hydrogen) atoms. The maximum Gasteiger partial charge on any atom is 0.245 e. The first-order valence-electron chi connectivity index (χ1n) is 24.7. The molecule has 0 unspecified atom stereocenters. The third kappa shape index (κ3) is 19.3. The summed E-state index contributed by atoms with van der Waals surface area (Å²) in [5, 5.41) is 22.1. The summed E-state index contributed by atoms with van der Waals surface area (Å²) in [6.07, 6.45) is 5.98. The van der Waals surface area contributed by atoms with Crippen LogP contribution in [0.2, 0.25) is 0 Å². The number of hydrogen-bond acceptors (Lipinski definition) is 13. The van der Waals surface area contributed by atoms with Crippen LogP contribution in [-0.2, 0) is 62.4 Å². The van der Waals surface area contributed by atoms with Crippen LogP contribution in [0.25, 0.3) is 10.9 Å². The normalized spacial score (nSPS) is 14.0. The monoisotopic (exact) mass is 1090 g/mol. The number of H-pyrrole nitrogens is 2. The molecule has 4 rings (SSSR count). The third-order valence-corrected chi connectivity index (χ3v) is 12.8. The number of rotatable bonds is 31. The van der Waals surface area contributed by atoms with Crippen LogP contribution in [0.3, 0.4) is 0 Å². The lowest BCUT2D eigenvalue weighted by Gasteiger charge is -2.31. The smallest absolute Gasteiger partial charge is 0.245 e. The van der Waals surface area contributed by atoms with Gasteiger partial charge in [-0.15, -0.1) is 0 Å². The van der Waals surface area contributed by atoms with Crippen molar-refractivity contribution in [3.05, 3.63) is 90.1 Å². The third-order valence-electron chi connectivity index (χ3n) is 12.0. The number of aromatic amines is 2. The van der Waals surface area contributed by atoms with Gasteiger partial charge in [-0.1, -0.05) is 68.3 Å². The van der Waals surface area contributed by atoms with Gasteiger partial charge in [0.15, 0.2) is 5.96 Å². The van der Waals surface area contributed by atoms with Crippen molar-refractivity contribution in [2.75, 3.05) is 18.1 Å². The first-order chi connectivity index (χ1) is 36.1. The SMILES string of the molecule is CCCC[C@H](NC(C)=O)C(=O)N[C@H](CS)C(=O)NC(C)(C)C(=O)N[C@@H](Cc1cnc[nH]1)C(=O)N[C@H](Cc1ccccc1)C(=O)N[C@@H](CCCN=C(N)N)C(=O)N[C@@H](Cc1c[nH]c2ccccc12)C(=O)N[C@H](CS)C(N)=O. The molecule has 4 aromatic rings. The van der Waals surface area contributed by atoms with E-state index in [-0.39, 0.29) is 56.1 Å². The van der Waals surface area contributed by atoms with Gasteiger partial charge in [0, 0.05) is 73.2 Å². The zero-order chi connectivity index (χ0) is 56.0. The van der Waals surface area contributed by atoms with Crippen molar-refractivity contribution in [2.45, 2.75) is 127 Å². The Kier molecular flexibility index (Phi) is 24.1. The number of fused-ring (bicyclic) bond motifs is 1. The molecule has 2 aromatic carbocycles. The van der Waals surface area contributed by atoms with Crippen molar-refractivity contribution >= 4 is 95.3 Å². The lowest BCUT2D eigenvalue weighted by Crippen LogP contribution is -2.63. The Labute approximate surface area is 451 Å². The molecule has 26 heteroatoms. The Morgan fingerprint density at radius 2 is 1.17 bits per heavy atom. The second-order valence-electron chi connectivity index (χ2n) is 18.6. The molecule has 0 aliphatic rings. The first kappa shape index (κ1) is 60.9. The Morgan fingerprint density at radius 3 is 1.75 bits per heavy atom. The maximum atomic E-state index is 14.7. The molecule has 0 saturated heterocycles. The number of guanidine groups is 1. The summed E-state index contributed by atoms with van der Waals surface area (Å²) in [6.45, 7) is 6.03. The number of carbonyl (C=O) groups excluding carboxylic acids is 9. The van der Waals surface area contributed by atoms with E-state index in [0.29, 0.717) is 29.7 Å². The summed E-state index contributed by atoms with van der Waals surface area (Å²) in [5.41, 5.74) is 17.4. The number of benzene rings is 2. The molecule has 0 radical (unpaired) electrons. The minimum atomic E-state index is -1.72. The summed E-state index contributed by atoms with van der Waals surface area (Å²) >= 11 is 8.41. The molecular formula is C50H71N15O9S2. The predicted octanol–water partition coefficient (Wildman–Crippen LogP) is -1.18. The number of para-hydroxylation sites is 1. The molecule has 2 heterocycles. The van der Waals surface area contributed by atoms with Gasteiger partial charge in [-0.2, -0.15) is 25.3 Å². The van der Waals surface area contributed by atoms with Crippen molar-refractivity contribution < 1.29 is 43.2 Å². The summed E-state index contributed by atoms with van der Waals surface area (Å²) < 4.78 is 0. The van der Waals surface area contributed by atoms with Crippen LogP contribution < -0.4 is 59.7 Å². The highest BCUT2D eigenvalue weighted by atomic mass is 32.1. The van der Waals surface area contributed by atoms with E-state index in [1.54, 1.807) is 36.5 Å². The van der Waals surface area contributed by atoms with Crippen molar-refractivity contribution in [2.24, 2.45) is 22.2 Å². The second-order valence-corrected chi connectivity index (χ2v) is 19.3. The van der Waals surface area contributed by atoms with Gasteiger partial charge < -0.3 is 69.7 Å². The van der Waals surface area contributed by atoms with Crippen LogP contribution >= 0.6 is 25.3 Å². The molecule has 0 fully saturated rings. The molecule has 0 aliphatic heterocycles. The molecule has 24 nitrogen and oxygen atoms in total. The van der Waals surface area contributed by atoms with E-state index < -0.39 is 101 Å². The van der Waals surface area contributed by atoms with Crippen molar-refractivity contribution in [1.82, 2.24) is 57.5 Å². The molecule has 0 bridgehead atoms. The molecular weight excluding hydrogens is 1020 g/mol. The van der Waals surface area contributed by atoms with Crippen molar-refractivity contribution in [3.63, 3.8) is 0 Å². The number of hydrogen-bond donors (Lipinski definition) is 15. The van der Waals surface area contributed by atoms with Gasteiger partial charge in [0.05, 0.1) is 6.33 Å². The number of nitrogens with one attached hydrogen (secondary N) is 10. The molecule has 0 saturated carbocycles. The number of unbranched alkanes of at least 4 members (excludes halogenated alkanes) is 1. The highest BCUT2D eigenvalue weighted by Gasteiger charge is 2.38. The fraction of sp³-hybridized carbons (Fsp3) is 0.460. The van der Waals surface area contributed by atoms with Crippen LogP contribution in [0.1, 0.15) is 76.6 Å². The first-order valence-corrected chi connectivity index (χ1v) is 26.0. The number of primary amides is 1. The molecule has 2 aromatic heterocycles. The van der Waals surface area contributed by atoms with E-state index in [1.807, 2.05) is 31.2 Å². The standard InChI is InChI=1S/C50H71N15O9S2/c1-5-6-16-34(58-28(2)66)42(68)63-40(26-76)47(73)65-50(3,4)48(74)64-38(22-31-24-54-27-57-31)46(72)60-36(20-29-13-8-7-9-14-29)44(70)59-35(18-12-19-55-49(52)53)43(69)61-37(45(71)62-39(25-75)41(51)67)21-30-23-56-33-17-11-10-15-32(30)33/h7-11,13-15,17,23-24,27,34-40,56,75-76H,5-6,12,16,18-22,25-26H2,1-4H3,(H2,51,67)(H,54,57)(H,58,66)(H,59,70)(H,60,72)(H,61,69)(H,62,71)(H,63,68)(H,64,74)(H,65,73)(H4,52,53,55)/t34-,35-,36+,37-,38-,39+,40+/m0/s1. The predicted molar refractivity (Wildman–Crippen MR) is 292 cm³/mol. The number of imidazole rings is 1. The fourth-order valence-electron chi connectivity index (χ4n) is 7.86. The Hall–Kier alpha value is -7.61. The largest absolute Gasteiger partial charge is 0.370 e. The fourth-order valence-corrected chi connectivity index (χ4v) is 8.39. The summed E-state index contributed by atoms with van der Waals surface area (Å²) in [4.78, 5) is 137. The lowest BCUT2D eigenvalue weighted by molar-refractivity contribution is -0.137. The number of nitrogens with two attached hydrogens (primary N) is 3. The number of aliphatic imine (C=N–C) groups is 1. The maximum absolute atomic E-state index is 14.7. The van der Waals surface area contributed by atoms with Gasteiger partial charge in [0.25, 0.3) is 0 Å². The van der Waals surface area contributed by atoms with E-state index in [9.17, 15) is 43.2 Å². The molecule has 16 N–H and O–H groups in total. The van der Waals surface area contributed by atoms with Crippen molar-refractivity contribution in [3.8, 4) is 0 Å². The van der Waals surface area contributed by atoms with E-state index in [1.165, 1.54) is 33.3 Å². The number of nitrogens with zero attached hydrogens (tertiary/aromatic N) is 2. The van der Waals surface area contributed by atoms with Crippen molar-refractivity contribution in [1.29, 1.82) is 0 Å². The van der Waals surface area contributed by atoms with Gasteiger partial charge in [0.2, 0.25) is 53.2 Å². The van der Waals surface area contributed by atoms with E-state index in [2.05, 4.69) is 87.7 Å². The van der Waals surface area contributed by atoms with Crippen LogP contribution in [0.15, 0.2) is 78.3 Å². The molecule has 0 aliphatic carbocycles. The molecule has 9 amide bonds. The summed E-state index contributed by atoms with van der Waals surface area (Å²) in [5.74, 6) is -7.22. The zero-order valence-corrected chi connectivity index (χ0v) is 44.7. The van der Waals surface area contributed by atoms with Gasteiger partial charge >= 0.3 is 0 Å². The van der Waals surface area contributed by atoms with Gasteiger partial charge in [0.1, 0.15) is 47.8 Å². The van der Waals surface area contributed by atoms with Gasteiger partial charge in [-0.05, 0) is 50.3 Å². The molecule has 412 valence electrons. The summed E-state index contributed by atoms with van der Waals surface area (Å²) in [6, 6.07) is 7.19. The minimum Gasteiger partial charge on any atom is -0.370 e. The van der Waals surface area contributed by atoms with E-state index in [0.717, 1.165) is 17.3 Å². The van der Waals surface area contributed by atoms with Crippen LogP contribution in [0.5, 0.6) is 0 Å².